The zero-order valence-electron chi connectivity index (χ0n) is 17.3. The van der Waals surface area contributed by atoms with Crippen molar-refractivity contribution < 1.29 is 27.5 Å². The number of aromatic carboxylic acids is 1. The standard InChI is InChI=1S/C25H16F4N2O2S/c26-20-8-3-15(11-22(20)28)30-14-1-5-17(6-2-14)34-18-7-10-24(19(13-18)25(32)33)31-16-4-9-21(27)23(29)12-16/h1-13,30-31H,(H,32,33). The molecule has 172 valence electrons. The Morgan fingerprint density at radius 2 is 1.15 bits per heavy atom. The van der Waals surface area contributed by atoms with Crippen LogP contribution in [0.1, 0.15) is 10.4 Å². The van der Waals surface area contributed by atoms with E-state index in [1.54, 1.807) is 36.4 Å². The van der Waals surface area contributed by atoms with Gasteiger partial charge < -0.3 is 15.7 Å². The van der Waals surface area contributed by atoms with Gasteiger partial charge in [0, 0.05) is 39.0 Å². The van der Waals surface area contributed by atoms with E-state index >= 15 is 0 Å². The minimum atomic E-state index is -1.18. The molecule has 4 aromatic carbocycles. The molecule has 0 bridgehead atoms. The average molecular weight is 484 g/mol. The van der Waals surface area contributed by atoms with Crippen LogP contribution in [0.4, 0.5) is 40.3 Å². The van der Waals surface area contributed by atoms with Crippen molar-refractivity contribution in [3.05, 3.63) is 108 Å². The zero-order chi connectivity index (χ0) is 24.2. The molecule has 0 fully saturated rings. The van der Waals surface area contributed by atoms with Gasteiger partial charge in [0.25, 0.3) is 0 Å². The van der Waals surface area contributed by atoms with Crippen molar-refractivity contribution in [2.24, 2.45) is 0 Å². The van der Waals surface area contributed by atoms with Crippen LogP contribution in [0.25, 0.3) is 0 Å². The first-order chi connectivity index (χ1) is 16.3. The van der Waals surface area contributed by atoms with Crippen molar-refractivity contribution in [2.75, 3.05) is 10.6 Å². The van der Waals surface area contributed by atoms with Crippen molar-refractivity contribution in [2.45, 2.75) is 9.79 Å². The second-order valence-corrected chi connectivity index (χ2v) is 8.29. The average Bonchev–Trinajstić information content (AvgIpc) is 2.81. The fourth-order valence-electron chi connectivity index (χ4n) is 3.09. The summed E-state index contributed by atoms with van der Waals surface area (Å²) in [4.78, 5) is 13.2. The molecule has 0 radical (unpaired) electrons. The number of halogens is 4. The fraction of sp³-hybridized carbons (Fsp3) is 0. The second kappa shape index (κ2) is 9.88. The van der Waals surface area contributed by atoms with Crippen molar-refractivity contribution in [1.29, 1.82) is 0 Å². The van der Waals surface area contributed by atoms with Crippen LogP contribution in [0.3, 0.4) is 0 Å². The molecule has 0 aliphatic carbocycles. The van der Waals surface area contributed by atoms with Crippen LogP contribution < -0.4 is 10.6 Å². The van der Waals surface area contributed by atoms with Gasteiger partial charge in [-0.1, -0.05) is 11.8 Å². The van der Waals surface area contributed by atoms with E-state index in [0.29, 0.717) is 16.3 Å². The highest BCUT2D eigenvalue weighted by Crippen LogP contribution is 2.33. The first kappa shape index (κ1) is 23.2. The molecule has 0 spiro atoms. The molecule has 0 saturated carbocycles. The molecular formula is C25H16F4N2O2S. The summed E-state index contributed by atoms with van der Waals surface area (Å²) in [6.07, 6.45) is 0. The highest BCUT2D eigenvalue weighted by atomic mass is 32.2. The molecule has 4 nitrogen and oxygen atoms in total. The summed E-state index contributed by atoms with van der Waals surface area (Å²) in [7, 11) is 0. The van der Waals surface area contributed by atoms with Gasteiger partial charge >= 0.3 is 5.97 Å². The number of hydrogen-bond donors (Lipinski definition) is 3. The maximum absolute atomic E-state index is 13.5. The molecule has 0 aliphatic heterocycles. The molecule has 0 amide bonds. The van der Waals surface area contributed by atoms with E-state index in [2.05, 4.69) is 10.6 Å². The number of carboxylic acid groups (broad SMARTS) is 1. The van der Waals surface area contributed by atoms with Crippen LogP contribution in [0.5, 0.6) is 0 Å². The molecule has 0 atom stereocenters. The fourth-order valence-corrected chi connectivity index (χ4v) is 3.94. The lowest BCUT2D eigenvalue weighted by Gasteiger charge is -2.12. The molecule has 0 unspecified atom stereocenters. The van der Waals surface area contributed by atoms with Crippen LogP contribution >= 0.6 is 11.8 Å². The summed E-state index contributed by atoms with van der Waals surface area (Å²) in [5, 5.41) is 15.4. The lowest BCUT2D eigenvalue weighted by atomic mass is 10.1. The second-order valence-electron chi connectivity index (χ2n) is 7.15. The Morgan fingerprint density at radius 3 is 1.71 bits per heavy atom. The molecule has 0 heterocycles. The molecule has 34 heavy (non-hydrogen) atoms. The Kier molecular flexibility index (Phi) is 6.74. The Labute approximate surface area is 196 Å². The molecule has 4 rings (SSSR count). The summed E-state index contributed by atoms with van der Waals surface area (Å²) in [5.41, 5.74) is 1.47. The summed E-state index contributed by atoms with van der Waals surface area (Å²) < 4.78 is 53.0. The minimum Gasteiger partial charge on any atom is -0.478 e. The summed E-state index contributed by atoms with van der Waals surface area (Å²) in [6.45, 7) is 0. The normalized spacial score (nSPS) is 10.7. The van der Waals surface area contributed by atoms with Gasteiger partial charge in [0.1, 0.15) is 0 Å². The third-order valence-corrected chi connectivity index (χ3v) is 5.72. The van der Waals surface area contributed by atoms with Crippen LogP contribution in [0, 0.1) is 23.3 Å². The smallest absolute Gasteiger partial charge is 0.337 e. The van der Waals surface area contributed by atoms with Crippen LogP contribution in [-0.4, -0.2) is 11.1 Å². The highest BCUT2D eigenvalue weighted by Gasteiger charge is 2.13. The van der Waals surface area contributed by atoms with E-state index in [9.17, 15) is 27.5 Å². The summed E-state index contributed by atoms with van der Waals surface area (Å²) >= 11 is 1.32. The van der Waals surface area contributed by atoms with Gasteiger partial charge in [0.05, 0.1) is 11.3 Å². The number of benzene rings is 4. The van der Waals surface area contributed by atoms with E-state index in [-0.39, 0.29) is 16.9 Å². The van der Waals surface area contributed by atoms with E-state index in [1.807, 2.05) is 0 Å². The topological polar surface area (TPSA) is 61.4 Å². The Bertz CT molecular complexity index is 1360. The lowest BCUT2D eigenvalue weighted by Crippen LogP contribution is -2.03. The van der Waals surface area contributed by atoms with Gasteiger partial charge in [-0.25, -0.2) is 22.4 Å². The van der Waals surface area contributed by atoms with Crippen molar-refractivity contribution in [3.63, 3.8) is 0 Å². The molecule has 0 aromatic heterocycles. The Balaban J connectivity index is 1.48. The largest absolute Gasteiger partial charge is 0.478 e. The molecule has 0 saturated heterocycles. The van der Waals surface area contributed by atoms with Gasteiger partial charge in [0.2, 0.25) is 0 Å². The van der Waals surface area contributed by atoms with E-state index in [4.69, 9.17) is 0 Å². The number of carbonyl (C=O) groups is 1. The number of hydrogen-bond acceptors (Lipinski definition) is 4. The van der Waals surface area contributed by atoms with Crippen LogP contribution in [0.2, 0.25) is 0 Å². The number of rotatable bonds is 7. The lowest BCUT2D eigenvalue weighted by molar-refractivity contribution is 0.0697. The van der Waals surface area contributed by atoms with Gasteiger partial charge in [0.15, 0.2) is 23.3 Å². The molecule has 9 heteroatoms. The predicted molar refractivity (Wildman–Crippen MR) is 123 cm³/mol. The Hall–Kier alpha value is -3.98. The SMILES string of the molecule is O=C(O)c1cc(Sc2ccc(Nc3ccc(F)c(F)c3)cc2)ccc1Nc1ccc(F)c(F)c1. The zero-order valence-corrected chi connectivity index (χ0v) is 18.1. The summed E-state index contributed by atoms with van der Waals surface area (Å²) in [5.74, 6) is -5.10. The van der Waals surface area contributed by atoms with Crippen molar-refractivity contribution >= 4 is 40.5 Å². The van der Waals surface area contributed by atoms with E-state index in [1.165, 1.54) is 30.0 Å². The minimum absolute atomic E-state index is 0.0358. The van der Waals surface area contributed by atoms with Crippen molar-refractivity contribution in [1.82, 2.24) is 0 Å². The van der Waals surface area contributed by atoms with E-state index < -0.39 is 29.2 Å². The van der Waals surface area contributed by atoms with Gasteiger partial charge in [-0.3, -0.25) is 0 Å². The van der Waals surface area contributed by atoms with Gasteiger partial charge in [-0.15, -0.1) is 0 Å². The van der Waals surface area contributed by atoms with Crippen LogP contribution in [0.15, 0.2) is 88.7 Å². The first-order valence-corrected chi connectivity index (χ1v) is 10.7. The van der Waals surface area contributed by atoms with E-state index in [0.717, 1.165) is 29.2 Å². The molecule has 3 N–H and O–H groups in total. The van der Waals surface area contributed by atoms with Crippen LogP contribution in [-0.2, 0) is 0 Å². The molecular weight excluding hydrogens is 468 g/mol. The maximum Gasteiger partial charge on any atom is 0.337 e. The molecule has 0 aliphatic rings. The number of carboxylic acids is 1. The highest BCUT2D eigenvalue weighted by molar-refractivity contribution is 7.99. The molecule has 4 aromatic rings. The van der Waals surface area contributed by atoms with Crippen molar-refractivity contribution in [3.8, 4) is 0 Å². The first-order valence-electron chi connectivity index (χ1n) is 9.88. The van der Waals surface area contributed by atoms with Gasteiger partial charge in [-0.2, -0.15) is 0 Å². The Morgan fingerprint density at radius 1 is 0.618 bits per heavy atom. The number of nitrogens with one attached hydrogen (secondary N) is 2. The monoisotopic (exact) mass is 484 g/mol. The van der Waals surface area contributed by atoms with Gasteiger partial charge in [-0.05, 0) is 66.7 Å². The third-order valence-electron chi connectivity index (χ3n) is 4.72. The third kappa shape index (κ3) is 5.49. The quantitative estimate of drug-likeness (QED) is 0.236. The number of anilines is 4. The predicted octanol–water partition coefficient (Wildman–Crippen LogP) is 7.58. The maximum atomic E-state index is 13.5. The summed E-state index contributed by atoms with van der Waals surface area (Å²) in [6, 6.07) is 18.5.